The highest BCUT2D eigenvalue weighted by Crippen LogP contribution is 2.33. The van der Waals surface area contributed by atoms with Crippen molar-refractivity contribution in [2.75, 3.05) is 39.3 Å². The number of nitrogens with zero attached hydrogens (tertiary/aromatic N) is 2. The van der Waals surface area contributed by atoms with Crippen LogP contribution in [0, 0.1) is 0 Å². The molecular weight excluding hydrogens is 348 g/mol. The first kappa shape index (κ1) is 17.9. The summed E-state index contributed by atoms with van der Waals surface area (Å²) in [5, 5.41) is 5.65. The Labute approximate surface area is 157 Å². The number of hydrogen-bond donors (Lipinski definition) is 2. The van der Waals surface area contributed by atoms with Crippen LogP contribution in [-0.2, 0) is 16.1 Å². The van der Waals surface area contributed by atoms with E-state index < -0.39 is 11.9 Å². The number of benzene rings is 1. The Morgan fingerprint density at radius 3 is 2.74 bits per heavy atom. The van der Waals surface area contributed by atoms with E-state index in [1.807, 2.05) is 12.1 Å². The van der Waals surface area contributed by atoms with Gasteiger partial charge >= 0.3 is 0 Å². The molecule has 144 valence electrons. The molecule has 1 aromatic carbocycles. The van der Waals surface area contributed by atoms with Crippen molar-refractivity contribution in [2.24, 2.45) is 0 Å². The zero-order valence-corrected chi connectivity index (χ0v) is 15.2. The van der Waals surface area contributed by atoms with Crippen LogP contribution in [0.25, 0.3) is 0 Å². The number of amides is 3. The number of rotatable bonds is 5. The second-order valence-corrected chi connectivity index (χ2v) is 7.12. The Bertz CT molecular complexity index is 760. The van der Waals surface area contributed by atoms with Gasteiger partial charge in [0.05, 0.1) is 6.54 Å². The lowest BCUT2D eigenvalue weighted by Crippen LogP contribution is -2.52. The quantitative estimate of drug-likeness (QED) is 0.692. The first-order valence-electron chi connectivity index (χ1n) is 9.46. The van der Waals surface area contributed by atoms with Crippen molar-refractivity contribution in [3.05, 3.63) is 29.3 Å². The van der Waals surface area contributed by atoms with Crippen molar-refractivity contribution >= 4 is 17.7 Å². The maximum absolute atomic E-state index is 12.8. The summed E-state index contributed by atoms with van der Waals surface area (Å²) in [7, 11) is 0. The van der Waals surface area contributed by atoms with Gasteiger partial charge in [-0.3, -0.25) is 24.6 Å². The standard InChI is InChI=1S/C19H24N4O4/c24-17-5-4-15(18(25)21-17)23-12-14-13(19(23)26)2-1-3-16(14)27-11-10-22-8-6-20-7-9-22/h1-3,15,20H,4-12H2,(H,21,24,25). The molecule has 1 atom stereocenters. The van der Waals surface area contributed by atoms with E-state index in [-0.39, 0.29) is 18.2 Å². The van der Waals surface area contributed by atoms with Crippen molar-refractivity contribution in [1.29, 1.82) is 0 Å². The molecular formula is C19H24N4O4. The summed E-state index contributed by atoms with van der Waals surface area (Å²) in [4.78, 5) is 40.2. The largest absolute Gasteiger partial charge is 0.492 e. The number of ether oxygens (including phenoxy) is 1. The molecule has 8 heteroatoms. The maximum atomic E-state index is 12.8. The molecule has 2 saturated heterocycles. The highest BCUT2D eigenvalue weighted by atomic mass is 16.5. The van der Waals surface area contributed by atoms with Crippen LogP contribution in [0.2, 0.25) is 0 Å². The smallest absolute Gasteiger partial charge is 0.255 e. The van der Waals surface area contributed by atoms with Gasteiger partial charge in [0, 0.05) is 50.3 Å². The number of fused-ring (bicyclic) bond motifs is 1. The highest BCUT2D eigenvalue weighted by Gasteiger charge is 2.40. The fourth-order valence-corrected chi connectivity index (χ4v) is 3.91. The Morgan fingerprint density at radius 1 is 1.15 bits per heavy atom. The number of carbonyl (C=O) groups is 3. The average molecular weight is 372 g/mol. The molecule has 3 aliphatic heterocycles. The minimum atomic E-state index is -0.601. The van der Waals surface area contributed by atoms with Crippen LogP contribution in [0.3, 0.4) is 0 Å². The average Bonchev–Trinajstić information content (AvgIpc) is 3.00. The number of piperidine rings is 1. The lowest BCUT2D eigenvalue weighted by molar-refractivity contribution is -0.136. The van der Waals surface area contributed by atoms with Gasteiger partial charge in [-0.2, -0.15) is 0 Å². The summed E-state index contributed by atoms with van der Waals surface area (Å²) >= 11 is 0. The lowest BCUT2D eigenvalue weighted by Gasteiger charge is -2.29. The number of carbonyl (C=O) groups excluding carboxylic acids is 3. The van der Waals surface area contributed by atoms with E-state index in [9.17, 15) is 14.4 Å². The van der Waals surface area contributed by atoms with E-state index in [4.69, 9.17) is 4.74 Å². The molecule has 1 aromatic rings. The minimum Gasteiger partial charge on any atom is -0.492 e. The summed E-state index contributed by atoms with van der Waals surface area (Å²) in [6, 6.07) is 4.85. The van der Waals surface area contributed by atoms with Gasteiger partial charge in [-0.15, -0.1) is 0 Å². The number of piperazine rings is 1. The summed E-state index contributed by atoms with van der Waals surface area (Å²) in [6.07, 6.45) is 0.619. The van der Waals surface area contributed by atoms with Crippen molar-refractivity contribution in [3.63, 3.8) is 0 Å². The molecule has 27 heavy (non-hydrogen) atoms. The minimum absolute atomic E-state index is 0.174. The van der Waals surface area contributed by atoms with Gasteiger partial charge in [-0.1, -0.05) is 6.07 Å². The van der Waals surface area contributed by atoms with Gasteiger partial charge < -0.3 is 15.0 Å². The van der Waals surface area contributed by atoms with Crippen molar-refractivity contribution < 1.29 is 19.1 Å². The Morgan fingerprint density at radius 2 is 1.96 bits per heavy atom. The Kier molecular flexibility index (Phi) is 5.09. The van der Waals surface area contributed by atoms with Gasteiger partial charge in [0.1, 0.15) is 18.4 Å². The Balaban J connectivity index is 1.42. The zero-order valence-electron chi connectivity index (χ0n) is 15.2. The van der Waals surface area contributed by atoms with Gasteiger partial charge in [-0.25, -0.2) is 0 Å². The molecule has 0 bridgehead atoms. The topological polar surface area (TPSA) is 91.0 Å². The van der Waals surface area contributed by atoms with Crippen LogP contribution in [0.1, 0.15) is 28.8 Å². The zero-order chi connectivity index (χ0) is 18.8. The molecule has 0 spiro atoms. The van der Waals surface area contributed by atoms with Gasteiger partial charge in [-0.05, 0) is 18.6 Å². The second kappa shape index (κ2) is 7.66. The van der Waals surface area contributed by atoms with Crippen LogP contribution in [0.5, 0.6) is 5.75 Å². The summed E-state index contributed by atoms with van der Waals surface area (Å²) < 4.78 is 5.98. The van der Waals surface area contributed by atoms with E-state index in [0.29, 0.717) is 30.9 Å². The summed E-state index contributed by atoms with van der Waals surface area (Å²) in [6.45, 7) is 5.76. The van der Waals surface area contributed by atoms with Crippen LogP contribution in [-0.4, -0.2) is 72.9 Å². The molecule has 0 aliphatic carbocycles. The van der Waals surface area contributed by atoms with E-state index in [1.165, 1.54) is 0 Å². The molecule has 0 radical (unpaired) electrons. The Hall–Kier alpha value is -2.45. The second-order valence-electron chi connectivity index (χ2n) is 7.12. The third-order valence-electron chi connectivity index (χ3n) is 5.41. The van der Waals surface area contributed by atoms with Crippen LogP contribution in [0.4, 0.5) is 0 Å². The lowest BCUT2D eigenvalue weighted by atomic mass is 10.0. The molecule has 0 aromatic heterocycles. The fourth-order valence-electron chi connectivity index (χ4n) is 3.91. The first-order chi connectivity index (χ1) is 13.1. The van der Waals surface area contributed by atoms with Crippen molar-refractivity contribution in [1.82, 2.24) is 20.4 Å². The molecule has 3 heterocycles. The van der Waals surface area contributed by atoms with Crippen LogP contribution >= 0.6 is 0 Å². The number of imide groups is 1. The van der Waals surface area contributed by atoms with E-state index in [2.05, 4.69) is 15.5 Å². The van der Waals surface area contributed by atoms with Crippen LogP contribution in [0.15, 0.2) is 18.2 Å². The molecule has 3 amide bonds. The van der Waals surface area contributed by atoms with E-state index in [0.717, 1.165) is 38.3 Å². The van der Waals surface area contributed by atoms with E-state index in [1.54, 1.807) is 11.0 Å². The predicted molar refractivity (Wildman–Crippen MR) is 97.3 cm³/mol. The monoisotopic (exact) mass is 372 g/mol. The molecule has 1 unspecified atom stereocenters. The molecule has 3 aliphatic rings. The first-order valence-corrected chi connectivity index (χ1v) is 9.46. The normalized spacial score (nSPS) is 23.3. The van der Waals surface area contributed by atoms with Crippen molar-refractivity contribution in [2.45, 2.75) is 25.4 Å². The molecule has 8 nitrogen and oxygen atoms in total. The summed E-state index contributed by atoms with van der Waals surface area (Å²) in [5.41, 5.74) is 1.41. The maximum Gasteiger partial charge on any atom is 0.255 e. The van der Waals surface area contributed by atoms with Gasteiger partial charge in [0.15, 0.2) is 0 Å². The molecule has 4 rings (SSSR count). The highest BCUT2D eigenvalue weighted by molar-refractivity contribution is 6.05. The number of hydrogen-bond acceptors (Lipinski definition) is 6. The number of nitrogens with one attached hydrogen (secondary N) is 2. The predicted octanol–water partition coefficient (Wildman–Crippen LogP) is -0.268. The van der Waals surface area contributed by atoms with Gasteiger partial charge in [0.25, 0.3) is 5.91 Å². The van der Waals surface area contributed by atoms with Crippen LogP contribution < -0.4 is 15.4 Å². The fraction of sp³-hybridized carbons (Fsp3) is 0.526. The van der Waals surface area contributed by atoms with E-state index >= 15 is 0 Å². The summed E-state index contributed by atoms with van der Waals surface area (Å²) in [5.74, 6) is -0.149. The molecule has 2 fully saturated rings. The van der Waals surface area contributed by atoms with Gasteiger partial charge in [0.2, 0.25) is 11.8 Å². The third kappa shape index (κ3) is 3.68. The third-order valence-corrected chi connectivity index (χ3v) is 5.41. The molecule has 2 N–H and O–H groups in total. The molecule has 0 saturated carbocycles. The van der Waals surface area contributed by atoms with Crippen molar-refractivity contribution in [3.8, 4) is 5.75 Å². The SMILES string of the molecule is O=C1CCC(N2Cc3c(OCCN4CCNCC4)cccc3C2=O)C(=O)N1.